The summed E-state index contributed by atoms with van der Waals surface area (Å²) in [7, 11) is 6.27. The number of aryl methyl sites for hydroxylation is 1. The predicted molar refractivity (Wildman–Crippen MR) is 178 cm³/mol. The van der Waals surface area contributed by atoms with Crippen molar-refractivity contribution in [1.29, 1.82) is 0 Å². The van der Waals surface area contributed by atoms with Crippen LogP contribution >= 0.6 is 11.6 Å². The fourth-order valence-corrected chi connectivity index (χ4v) is 6.65. The maximum Gasteiger partial charge on any atom is 0.308 e. The van der Waals surface area contributed by atoms with Crippen LogP contribution in [0.5, 0.6) is 0 Å². The molecule has 13 heteroatoms. The second-order valence-electron chi connectivity index (χ2n) is 12.7. The van der Waals surface area contributed by atoms with Crippen LogP contribution in [0.15, 0.2) is 42.6 Å². The van der Waals surface area contributed by atoms with Crippen LogP contribution in [0, 0.1) is 11.7 Å². The van der Waals surface area contributed by atoms with E-state index in [-0.39, 0.29) is 40.3 Å². The summed E-state index contributed by atoms with van der Waals surface area (Å²) < 4.78 is 28.3. The van der Waals surface area contributed by atoms with E-state index in [2.05, 4.69) is 5.32 Å². The van der Waals surface area contributed by atoms with Gasteiger partial charge in [-0.2, -0.15) is 5.06 Å². The Kier molecular flexibility index (Phi) is 11.5. The molecule has 11 nitrogen and oxygen atoms in total. The van der Waals surface area contributed by atoms with Crippen LogP contribution < -0.4 is 5.32 Å². The average molecular weight is 685 g/mol. The number of benzene rings is 2. The number of likely N-dealkylation sites (N-methyl/N-ethyl adjacent to an activating group) is 1. The van der Waals surface area contributed by atoms with Gasteiger partial charge < -0.3 is 24.3 Å². The highest BCUT2D eigenvalue weighted by Crippen LogP contribution is 2.30. The summed E-state index contributed by atoms with van der Waals surface area (Å²) in [5.74, 6) is -2.71. The Bertz CT molecular complexity index is 1670. The predicted octanol–water partition coefficient (Wildman–Crippen LogP) is 4.94. The number of carbonyl (C=O) groups is 4. The summed E-state index contributed by atoms with van der Waals surface area (Å²) >= 11 is 6.47. The molecule has 5 rings (SSSR count). The van der Waals surface area contributed by atoms with Gasteiger partial charge in [-0.1, -0.05) is 29.8 Å². The van der Waals surface area contributed by atoms with E-state index in [0.29, 0.717) is 31.6 Å². The monoisotopic (exact) mass is 684 g/mol. The molecule has 1 aliphatic heterocycles. The minimum absolute atomic E-state index is 0.00158. The van der Waals surface area contributed by atoms with Gasteiger partial charge in [0.2, 0.25) is 6.10 Å². The minimum Gasteiger partial charge on any atom is -0.469 e. The van der Waals surface area contributed by atoms with Gasteiger partial charge in [-0.3, -0.25) is 24.0 Å². The van der Waals surface area contributed by atoms with Crippen molar-refractivity contribution in [3.63, 3.8) is 0 Å². The Morgan fingerprint density at radius 3 is 2.52 bits per heavy atom. The summed E-state index contributed by atoms with van der Waals surface area (Å²) in [4.78, 5) is 59.0. The Labute approximate surface area is 284 Å². The fourth-order valence-electron chi connectivity index (χ4n) is 6.42. The highest BCUT2D eigenvalue weighted by Gasteiger charge is 2.37. The smallest absolute Gasteiger partial charge is 0.308 e. The normalized spacial score (nSPS) is 20.4. The number of hydrogen-bond acceptors (Lipinski definition) is 8. The molecule has 1 saturated heterocycles. The number of ketones is 1. The first-order valence-electron chi connectivity index (χ1n) is 16.2. The van der Waals surface area contributed by atoms with Crippen molar-refractivity contribution in [2.45, 2.75) is 63.2 Å². The second kappa shape index (κ2) is 15.6. The lowest BCUT2D eigenvalue weighted by atomic mass is 9.87. The van der Waals surface area contributed by atoms with E-state index < -0.39 is 35.9 Å². The number of halogens is 2. The number of Topliss-reactive ketones (excluding diaryl/α,β-unsaturated/α-hetero) is 1. The van der Waals surface area contributed by atoms with E-state index >= 15 is 4.39 Å². The summed E-state index contributed by atoms with van der Waals surface area (Å²) in [5, 5.41) is 5.08. The van der Waals surface area contributed by atoms with Gasteiger partial charge >= 0.3 is 5.97 Å². The van der Waals surface area contributed by atoms with Gasteiger partial charge in [0.1, 0.15) is 5.82 Å². The number of ether oxygens (including phenoxy) is 2. The molecule has 1 aliphatic carbocycles. The van der Waals surface area contributed by atoms with Gasteiger partial charge in [0, 0.05) is 51.2 Å². The van der Waals surface area contributed by atoms with E-state index in [1.165, 1.54) is 32.2 Å². The van der Waals surface area contributed by atoms with Crippen LogP contribution in [0.2, 0.25) is 5.02 Å². The van der Waals surface area contributed by atoms with Gasteiger partial charge in [0.15, 0.2) is 5.78 Å². The number of methoxy groups -OCH3 is 1. The van der Waals surface area contributed by atoms with Crippen LogP contribution in [0.4, 0.5) is 10.1 Å². The van der Waals surface area contributed by atoms with Crippen molar-refractivity contribution in [2.24, 2.45) is 13.0 Å². The molecule has 1 aromatic heterocycles. The number of para-hydroxylation sites is 1. The van der Waals surface area contributed by atoms with Crippen molar-refractivity contribution < 1.29 is 37.9 Å². The van der Waals surface area contributed by atoms with E-state index in [9.17, 15) is 19.2 Å². The first-order valence-corrected chi connectivity index (χ1v) is 16.5. The molecule has 1 saturated carbocycles. The maximum absolute atomic E-state index is 15.4. The van der Waals surface area contributed by atoms with E-state index in [0.717, 1.165) is 42.7 Å². The van der Waals surface area contributed by atoms with Crippen molar-refractivity contribution in [3.8, 4) is 0 Å². The highest BCUT2D eigenvalue weighted by molar-refractivity contribution is 6.34. The van der Waals surface area contributed by atoms with Crippen molar-refractivity contribution in [3.05, 3.63) is 64.6 Å². The number of anilines is 1. The second-order valence-corrected chi connectivity index (χ2v) is 13.1. The quantitative estimate of drug-likeness (QED) is 0.211. The lowest BCUT2D eigenvalue weighted by molar-refractivity contribution is -0.217. The Hall–Kier alpha value is -3.84. The molecule has 1 N–H and O–H groups in total. The highest BCUT2D eigenvalue weighted by atomic mass is 35.5. The van der Waals surface area contributed by atoms with Gasteiger partial charge in [-0.25, -0.2) is 4.39 Å². The third-order valence-corrected chi connectivity index (χ3v) is 9.46. The van der Waals surface area contributed by atoms with Crippen LogP contribution in [0.1, 0.15) is 54.4 Å². The molecule has 48 heavy (non-hydrogen) atoms. The number of carbonyl (C=O) groups excluding carboxylic acids is 4. The lowest BCUT2D eigenvalue weighted by Crippen LogP contribution is -2.47. The zero-order chi connectivity index (χ0) is 34.5. The van der Waals surface area contributed by atoms with Gasteiger partial charge in [-0.05, 0) is 62.3 Å². The Morgan fingerprint density at radius 1 is 1.08 bits per heavy atom. The Morgan fingerprint density at radius 2 is 1.81 bits per heavy atom. The fraction of sp³-hybridized carbons (Fsp3) is 0.486. The maximum atomic E-state index is 15.4. The zero-order valence-corrected chi connectivity index (χ0v) is 28.4. The molecule has 2 aromatic carbocycles. The molecule has 0 radical (unpaired) electrons. The molecule has 2 aliphatic rings. The summed E-state index contributed by atoms with van der Waals surface area (Å²) in [6.07, 6.45) is 4.17. The van der Waals surface area contributed by atoms with Gasteiger partial charge in [-0.15, -0.1) is 0 Å². The standard InChI is InChI=1S/C35H42ClFN4O7/c1-39(2)34(44)32(48-41-15-7-8-23(41)20-47-24-13-11-21(12-14-24)35(45)46-4)31(42)17-22-16-27(36)29(18-28(22)37)38-33(43)26-19-40(3)30-10-6-5-9-25(26)30/h5-6,9-10,16,18-19,21,23-24,32H,7-8,11-15,17,20H2,1-4H3,(H,38,43)/t21-,23-,24-,32?/m0/s1. The number of aromatic nitrogens is 1. The van der Waals surface area contributed by atoms with Crippen molar-refractivity contribution in [1.82, 2.24) is 14.5 Å². The molecule has 2 atom stereocenters. The molecule has 1 unspecified atom stereocenters. The lowest BCUT2D eigenvalue weighted by Gasteiger charge is -2.31. The summed E-state index contributed by atoms with van der Waals surface area (Å²) in [6.45, 7) is 0.847. The molecular formula is C35H42ClFN4O7. The Balaban J connectivity index is 1.23. The average Bonchev–Trinajstić information content (AvgIpc) is 3.67. The summed E-state index contributed by atoms with van der Waals surface area (Å²) in [5.41, 5.74) is 1.30. The van der Waals surface area contributed by atoms with Crippen LogP contribution in [0.3, 0.4) is 0 Å². The molecule has 2 heterocycles. The van der Waals surface area contributed by atoms with E-state index in [1.807, 2.05) is 35.9 Å². The van der Waals surface area contributed by atoms with Gasteiger partial charge in [0.05, 0.1) is 48.1 Å². The number of rotatable bonds is 12. The number of amides is 2. The van der Waals surface area contributed by atoms with E-state index in [4.69, 9.17) is 25.9 Å². The molecule has 0 spiro atoms. The number of nitrogens with zero attached hydrogens (tertiary/aromatic N) is 3. The topological polar surface area (TPSA) is 119 Å². The largest absolute Gasteiger partial charge is 0.469 e. The number of fused-ring (bicyclic) bond motifs is 1. The molecular weight excluding hydrogens is 643 g/mol. The first kappa shape index (κ1) is 35.5. The molecule has 2 fully saturated rings. The zero-order valence-electron chi connectivity index (χ0n) is 27.7. The molecule has 2 amide bonds. The van der Waals surface area contributed by atoms with Crippen LogP contribution in [-0.2, 0) is 42.2 Å². The number of nitrogens with one attached hydrogen (secondary N) is 1. The van der Waals surface area contributed by atoms with Crippen LogP contribution in [0.25, 0.3) is 10.9 Å². The number of esters is 1. The van der Waals surface area contributed by atoms with Gasteiger partial charge in [0.25, 0.3) is 11.8 Å². The van der Waals surface area contributed by atoms with Crippen molar-refractivity contribution >= 4 is 51.8 Å². The molecule has 3 aromatic rings. The first-order chi connectivity index (χ1) is 23.0. The SMILES string of the molecule is COC(=O)[C@H]1CC[C@H](OC[C@@H]2CCCN2OC(C(=O)Cc2cc(Cl)c(NC(=O)c3cn(C)c4ccccc34)cc2F)C(=O)N(C)C)CC1. The number of hydroxylamine groups is 2. The molecule has 0 bridgehead atoms. The third-order valence-electron chi connectivity index (χ3n) is 9.15. The summed E-state index contributed by atoms with van der Waals surface area (Å²) in [6, 6.07) is 9.60. The third kappa shape index (κ3) is 8.06. The number of hydrogen-bond donors (Lipinski definition) is 1. The van der Waals surface area contributed by atoms with E-state index in [1.54, 1.807) is 11.3 Å². The minimum atomic E-state index is -1.50. The molecule has 258 valence electrons. The van der Waals surface area contributed by atoms with Crippen LogP contribution in [-0.4, -0.2) is 90.7 Å². The van der Waals surface area contributed by atoms with Crippen molar-refractivity contribution in [2.75, 3.05) is 39.7 Å².